The molecule has 3 N–H and O–H groups in total. The first-order chi connectivity index (χ1) is 17.8. The Morgan fingerprint density at radius 3 is 2.31 bits per heavy atom. The van der Waals surface area contributed by atoms with Crippen molar-refractivity contribution in [1.29, 1.82) is 5.41 Å². The Balaban J connectivity index is 1.41. The predicted octanol–water partition coefficient (Wildman–Crippen LogP) is 2.11. The van der Waals surface area contributed by atoms with E-state index >= 15 is 0 Å². The number of benzene rings is 2. The van der Waals surface area contributed by atoms with Crippen LogP contribution >= 0.6 is 0 Å². The highest BCUT2D eigenvalue weighted by atomic mass is 15.4. The molecule has 0 saturated carbocycles. The highest BCUT2D eigenvalue weighted by molar-refractivity contribution is 5.68. The molecule has 6 rings (SSSR count). The van der Waals surface area contributed by atoms with Gasteiger partial charge in [0.1, 0.15) is 11.2 Å². The Kier molecular flexibility index (Phi) is 6.10. The van der Waals surface area contributed by atoms with Crippen LogP contribution in [0.1, 0.15) is 28.9 Å². The molecule has 36 heavy (non-hydrogen) atoms. The third kappa shape index (κ3) is 4.32. The molecule has 2 atom stereocenters. The fourth-order valence-electron chi connectivity index (χ4n) is 5.07. The number of H-pyrrole nitrogens is 1. The van der Waals surface area contributed by atoms with Crippen molar-refractivity contribution in [2.45, 2.75) is 18.6 Å². The summed E-state index contributed by atoms with van der Waals surface area (Å²) in [6.45, 7) is 4.30. The molecular weight excluding hydrogens is 452 g/mol. The first kappa shape index (κ1) is 22.3. The van der Waals surface area contributed by atoms with Crippen molar-refractivity contribution < 1.29 is 0 Å². The lowest BCUT2D eigenvalue weighted by molar-refractivity contribution is 0.135. The number of piperazine rings is 1. The summed E-state index contributed by atoms with van der Waals surface area (Å²) in [6.07, 6.45) is 5.24. The van der Waals surface area contributed by atoms with E-state index in [1.165, 1.54) is 11.1 Å². The smallest absolute Gasteiger partial charge is 0.173 e. The van der Waals surface area contributed by atoms with Crippen LogP contribution in [0.15, 0.2) is 79.5 Å². The van der Waals surface area contributed by atoms with E-state index in [2.05, 4.69) is 90.1 Å². The van der Waals surface area contributed by atoms with Crippen molar-refractivity contribution >= 4 is 11.2 Å². The molecule has 1 fully saturated rings. The molecule has 1 saturated heterocycles. The van der Waals surface area contributed by atoms with Gasteiger partial charge in [-0.3, -0.25) is 10.3 Å². The van der Waals surface area contributed by atoms with Gasteiger partial charge in [-0.1, -0.05) is 65.9 Å². The van der Waals surface area contributed by atoms with E-state index in [1.807, 2.05) is 21.5 Å². The number of rotatable bonds is 7. The number of aromatic nitrogens is 7. The first-order valence-electron chi connectivity index (χ1n) is 12.2. The van der Waals surface area contributed by atoms with Gasteiger partial charge in [0.25, 0.3) is 0 Å². The minimum absolute atomic E-state index is 0.0582. The lowest BCUT2D eigenvalue weighted by Crippen LogP contribution is -2.47. The van der Waals surface area contributed by atoms with Crippen LogP contribution in [0.3, 0.4) is 0 Å². The number of nitrogens with one attached hydrogen (secondary N) is 3. The van der Waals surface area contributed by atoms with Gasteiger partial charge in [-0.25, -0.2) is 14.6 Å². The Morgan fingerprint density at radius 1 is 0.889 bits per heavy atom. The number of fused-ring (bicyclic) bond motifs is 1. The second-order valence-electron chi connectivity index (χ2n) is 9.01. The van der Waals surface area contributed by atoms with Crippen molar-refractivity contribution in [2.24, 2.45) is 0 Å². The van der Waals surface area contributed by atoms with Gasteiger partial charge in [0.05, 0.1) is 37.5 Å². The summed E-state index contributed by atoms with van der Waals surface area (Å²) in [4.78, 5) is 14.1. The molecule has 3 aromatic heterocycles. The lowest BCUT2D eigenvalue weighted by Gasteiger charge is -2.39. The predicted molar refractivity (Wildman–Crippen MR) is 135 cm³/mol. The van der Waals surface area contributed by atoms with E-state index < -0.39 is 0 Å². The number of nitrogens with zero attached hydrogens (tertiary/aromatic N) is 7. The maximum atomic E-state index is 8.00. The summed E-state index contributed by atoms with van der Waals surface area (Å²) in [5.41, 5.74) is 4.70. The van der Waals surface area contributed by atoms with Crippen LogP contribution in [0, 0.1) is 5.41 Å². The molecule has 0 radical (unpaired) electrons. The molecule has 0 aliphatic carbocycles. The average Bonchev–Trinajstić information content (AvgIpc) is 3.61. The van der Waals surface area contributed by atoms with Gasteiger partial charge >= 0.3 is 0 Å². The van der Waals surface area contributed by atoms with E-state index in [0.29, 0.717) is 17.7 Å². The molecule has 1 aliphatic heterocycles. The molecule has 0 unspecified atom stereocenters. The number of hydrogen-bond acceptors (Lipinski definition) is 7. The van der Waals surface area contributed by atoms with Crippen LogP contribution in [0.5, 0.6) is 0 Å². The topological polar surface area (TPSA) is 116 Å². The minimum atomic E-state index is -0.0582. The van der Waals surface area contributed by atoms with Crippen LogP contribution in [0.2, 0.25) is 0 Å². The van der Waals surface area contributed by atoms with Crippen LogP contribution in [-0.2, 0) is 6.54 Å². The maximum absolute atomic E-state index is 8.00. The van der Waals surface area contributed by atoms with Crippen molar-refractivity contribution in [1.82, 2.24) is 44.7 Å². The number of hydrogen-bond donors (Lipinski definition) is 3. The van der Waals surface area contributed by atoms with Crippen molar-refractivity contribution in [3.63, 3.8) is 0 Å². The van der Waals surface area contributed by atoms with Crippen LogP contribution in [0.4, 0.5) is 0 Å². The minimum Gasteiger partial charge on any atom is -0.340 e. The molecule has 5 aromatic rings. The van der Waals surface area contributed by atoms with E-state index in [1.54, 1.807) is 12.7 Å². The SMILES string of the molecule is N=c1ncn(Cc2cn([C@H](c3ccccc3)[C@H](c3ccccc3)N3CCNCC3)nn2)c2nc[nH]c12. The Labute approximate surface area is 208 Å². The summed E-state index contributed by atoms with van der Waals surface area (Å²) in [5.74, 6) is 0. The molecule has 10 nitrogen and oxygen atoms in total. The van der Waals surface area contributed by atoms with Crippen LogP contribution < -0.4 is 10.8 Å². The second-order valence-corrected chi connectivity index (χ2v) is 9.01. The fraction of sp³-hybridized carbons (Fsp3) is 0.269. The molecule has 10 heteroatoms. The summed E-state index contributed by atoms with van der Waals surface area (Å²) < 4.78 is 3.89. The van der Waals surface area contributed by atoms with Crippen molar-refractivity contribution in [2.75, 3.05) is 26.2 Å². The van der Waals surface area contributed by atoms with E-state index in [9.17, 15) is 0 Å². The summed E-state index contributed by atoms with van der Waals surface area (Å²) in [5, 5.41) is 20.7. The van der Waals surface area contributed by atoms with Gasteiger partial charge in [0.2, 0.25) is 0 Å². The molecular formula is C26H28N10. The lowest BCUT2D eigenvalue weighted by atomic mass is 9.91. The Morgan fingerprint density at radius 2 is 1.58 bits per heavy atom. The third-order valence-electron chi connectivity index (χ3n) is 6.76. The van der Waals surface area contributed by atoms with E-state index in [4.69, 9.17) is 5.41 Å². The molecule has 1 aliphatic rings. The van der Waals surface area contributed by atoms with Gasteiger partial charge in [-0.2, -0.15) is 0 Å². The van der Waals surface area contributed by atoms with Crippen LogP contribution in [0.25, 0.3) is 11.2 Å². The maximum Gasteiger partial charge on any atom is 0.173 e. The molecule has 0 amide bonds. The Bertz CT molecular complexity index is 1480. The molecule has 182 valence electrons. The first-order valence-corrected chi connectivity index (χ1v) is 12.2. The zero-order valence-electron chi connectivity index (χ0n) is 19.8. The zero-order valence-corrected chi connectivity index (χ0v) is 19.8. The summed E-state index contributed by atoms with van der Waals surface area (Å²) >= 11 is 0. The highest BCUT2D eigenvalue weighted by Crippen LogP contribution is 2.37. The Hall–Kier alpha value is -4.15. The van der Waals surface area contributed by atoms with Gasteiger partial charge in [0, 0.05) is 26.2 Å². The monoisotopic (exact) mass is 480 g/mol. The summed E-state index contributed by atoms with van der Waals surface area (Å²) in [7, 11) is 0. The standard InChI is InChI=1S/C26H28N10/c27-25-22-26(30-17-29-22)35(18-31-25)15-21-16-36(33-32-21)24(20-9-5-2-6-10-20)23(19-7-3-1-4-8-19)34-13-11-28-12-14-34/h1-10,16-18,23-24,27-28H,11-15H2,(H,29,30)/t23-,24+/m0/s1. The third-order valence-corrected chi connectivity index (χ3v) is 6.76. The second kappa shape index (κ2) is 9.84. The van der Waals surface area contributed by atoms with Gasteiger partial charge in [0.15, 0.2) is 11.1 Å². The normalized spacial score (nSPS) is 16.2. The molecule has 0 bridgehead atoms. The largest absolute Gasteiger partial charge is 0.340 e. The quantitative estimate of drug-likeness (QED) is 0.329. The van der Waals surface area contributed by atoms with E-state index in [0.717, 1.165) is 31.9 Å². The zero-order chi connectivity index (χ0) is 24.3. The van der Waals surface area contributed by atoms with Crippen molar-refractivity contribution in [3.05, 3.63) is 102 Å². The van der Waals surface area contributed by atoms with Gasteiger partial charge in [-0.05, 0) is 11.1 Å². The van der Waals surface area contributed by atoms with E-state index in [-0.39, 0.29) is 17.6 Å². The number of imidazole rings is 1. The molecule has 4 heterocycles. The fourth-order valence-corrected chi connectivity index (χ4v) is 5.07. The van der Waals surface area contributed by atoms with Gasteiger partial charge < -0.3 is 14.9 Å². The molecule has 0 spiro atoms. The number of aromatic amines is 1. The highest BCUT2D eigenvalue weighted by Gasteiger charge is 2.33. The van der Waals surface area contributed by atoms with Gasteiger partial charge in [-0.15, -0.1) is 5.10 Å². The average molecular weight is 481 g/mol. The van der Waals surface area contributed by atoms with Crippen LogP contribution in [-0.4, -0.2) is 65.6 Å². The van der Waals surface area contributed by atoms with Crippen molar-refractivity contribution in [3.8, 4) is 0 Å². The molecule has 2 aromatic carbocycles. The summed E-state index contributed by atoms with van der Waals surface area (Å²) in [6, 6.07) is 21.3.